The Balaban J connectivity index is 1.84. The van der Waals surface area contributed by atoms with Crippen LogP contribution in [0.3, 0.4) is 0 Å². The highest BCUT2D eigenvalue weighted by molar-refractivity contribution is 7.92. The zero-order valence-corrected chi connectivity index (χ0v) is 15.0. The normalized spacial score (nSPS) is 31.7. The van der Waals surface area contributed by atoms with E-state index < -0.39 is 31.9 Å². The average molecular weight is 365 g/mol. The van der Waals surface area contributed by atoms with Crippen molar-refractivity contribution in [3.8, 4) is 0 Å². The quantitative estimate of drug-likeness (QED) is 0.592. The summed E-state index contributed by atoms with van der Waals surface area (Å²) in [5, 5.41) is -0.346. The summed E-state index contributed by atoms with van der Waals surface area (Å²) in [6, 6.07) is -0.986. The van der Waals surface area contributed by atoms with Gasteiger partial charge in [-0.25, -0.2) is 16.8 Å². The molecule has 10 heteroatoms. The smallest absolute Gasteiger partial charge is 0.236 e. The first-order valence-corrected chi connectivity index (χ1v) is 11.1. The van der Waals surface area contributed by atoms with Gasteiger partial charge in [-0.2, -0.15) is 4.31 Å². The van der Waals surface area contributed by atoms with E-state index in [0.717, 1.165) is 0 Å². The van der Waals surface area contributed by atoms with Crippen molar-refractivity contribution in [1.82, 2.24) is 14.1 Å². The number of carbonyl (C=O) groups is 1. The van der Waals surface area contributed by atoms with Crippen LogP contribution in [0.4, 0.5) is 0 Å². The Morgan fingerprint density at radius 2 is 1.74 bits per heavy atom. The lowest BCUT2D eigenvalue weighted by molar-refractivity contribution is -0.131. The van der Waals surface area contributed by atoms with Crippen molar-refractivity contribution < 1.29 is 21.6 Å². The second-order valence-corrected chi connectivity index (χ2v) is 11.1. The summed E-state index contributed by atoms with van der Waals surface area (Å²) < 4.78 is 50.7. The van der Waals surface area contributed by atoms with Crippen LogP contribution in [-0.4, -0.2) is 99.4 Å². The molecule has 0 spiro atoms. The molecule has 0 N–H and O–H groups in total. The van der Waals surface area contributed by atoms with E-state index in [-0.39, 0.29) is 35.8 Å². The first-order valence-electron chi connectivity index (χ1n) is 7.77. The topological polar surface area (TPSA) is 95.1 Å². The minimum absolute atomic E-state index is 0.0743. The fourth-order valence-electron chi connectivity index (χ4n) is 3.38. The molecule has 3 aliphatic rings. The molecule has 2 heterocycles. The van der Waals surface area contributed by atoms with E-state index >= 15 is 0 Å². The molecular formula is C13H23N3O5S2. The number of likely N-dealkylation sites (N-methyl/N-ethyl adjacent to an activating group) is 1. The standard InChI is InChI=1S/C13H23N3O5S2/c1-14(2)13(17)7-15-5-6-16(23(20,21)10-3-4-10)12-9-22(18,19)8-11(12)15/h10-12H,3-9H2,1-2H3/t11-,12+/m0/s1. The van der Waals surface area contributed by atoms with Gasteiger partial charge in [-0.1, -0.05) is 0 Å². The highest BCUT2D eigenvalue weighted by Gasteiger charge is 2.53. The second-order valence-electron chi connectivity index (χ2n) is 6.83. The number of nitrogens with zero attached hydrogens (tertiary/aromatic N) is 3. The number of piperazine rings is 1. The molecule has 3 fully saturated rings. The lowest BCUT2D eigenvalue weighted by Crippen LogP contribution is -2.62. The van der Waals surface area contributed by atoms with Gasteiger partial charge in [0, 0.05) is 33.2 Å². The Bertz CT molecular complexity index is 699. The van der Waals surface area contributed by atoms with Gasteiger partial charge in [0.15, 0.2) is 9.84 Å². The molecule has 132 valence electrons. The molecule has 8 nitrogen and oxygen atoms in total. The van der Waals surface area contributed by atoms with Gasteiger partial charge in [-0.3, -0.25) is 9.69 Å². The van der Waals surface area contributed by atoms with Crippen LogP contribution in [0.25, 0.3) is 0 Å². The molecular weight excluding hydrogens is 342 g/mol. The summed E-state index contributed by atoms with van der Waals surface area (Å²) in [7, 11) is -3.40. The lowest BCUT2D eigenvalue weighted by atomic mass is 10.1. The summed E-state index contributed by atoms with van der Waals surface area (Å²) in [6.45, 7) is 0.777. The largest absolute Gasteiger partial charge is 0.348 e. The van der Waals surface area contributed by atoms with Gasteiger partial charge in [0.25, 0.3) is 0 Å². The average Bonchev–Trinajstić information content (AvgIpc) is 3.22. The van der Waals surface area contributed by atoms with Crippen molar-refractivity contribution in [2.24, 2.45) is 0 Å². The van der Waals surface area contributed by atoms with E-state index in [4.69, 9.17) is 0 Å². The Morgan fingerprint density at radius 1 is 1.13 bits per heavy atom. The third-order valence-electron chi connectivity index (χ3n) is 4.85. The van der Waals surface area contributed by atoms with Crippen LogP contribution >= 0.6 is 0 Å². The zero-order chi connectivity index (χ0) is 17.0. The van der Waals surface area contributed by atoms with Crippen LogP contribution in [0.1, 0.15) is 12.8 Å². The predicted octanol–water partition coefficient (Wildman–Crippen LogP) is -1.65. The predicted molar refractivity (Wildman–Crippen MR) is 85.1 cm³/mol. The number of carbonyl (C=O) groups excluding carboxylic acids is 1. The lowest BCUT2D eigenvalue weighted by Gasteiger charge is -2.43. The summed E-state index contributed by atoms with van der Waals surface area (Å²) in [5.41, 5.74) is 0. The molecule has 0 aromatic rings. The van der Waals surface area contributed by atoms with Crippen LogP contribution < -0.4 is 0 Å². The van der Waals surface area contributed by atoms with Crippen molar-refractivity contribution in [1.29, 1.82) is 0 Å². The Kier molecular flexibility index (Phi) is 4.23. The fourth-order valence-corrected chi connectivity index (χ4v) is 7.53. The zero-order valence-electron chi connectivity index (χ0n) is 13.4. The third-order valence-corrected chi connectivity index (χ3v) is 8.97. The van der Waals surface area contributed by atoms with Crippen LogP contribution in [0, 0.1) is 0 Å². The van der Waals surface area contributed by atoms with E-state index in [1.807, 2.05) is 4.90 Å². The van der Waals surface area contributed by atoms with Crippen molar-refractivity contribution in [2.45, 2.75) is 30.2 Å². The molecule has 2 atom stereocenters. The summed E-state index contributed by atoms with van der Waals surface area (Å²) in [6.07, 6.45) is 1.32. The summed E-state index contributed by atoms with van der Waals surface area (Å²) >= 11 is 0. The summed E-state index contributed by atoms with van der Waals surface area (Å²) in [4.78, 5) is 15.3. The molecule has 1 saturated carbocycles. The number of amides is 1. The number of sulfonamides is 1. The van der Waals surface area contributed by atoms with E-state index in [1.165, 1.54) is 9.21 Å². The van der Waals surface area contributed by atoms with Crippen molar-refractivity contribution in [3.05, 3.63) is 0 Å². The number of hydrogen-bond donors (Lipinski definition) is 0. The molecule has 0 aromatic carbocycles. The number of rotatable bonds is 4. The molecule has 2 aliphatic heterocycles. The molecule has 0 radical (unpaired) electrons. The van der Waals surface area contributed by atoms with Gasteiger partial charge in [0.1, 0.15) is 0 Å². The van der Waals surface area contributed by atoms with Crippen LogP contribution in [0.2, 0.25) is 0 Å². The van der Waals surface area contributed by atoms with Gasteiger partial charge < -0.3 is 4.90 Å². The molecule has 1 amide bonds. The molecule has 23 heavy (non-hydrogen) atoms. The number of fused-ring (bicyclic) bond motifs is 1. The van der Waals surface area contributed by atoms with E-state index in [0.29, 0.717) is 19.4 Å². The van der Waals surface area contributed by atoms with Gasteiger partial charge in [0.05, 0.1) is 29.3 Å². The van der Waals surface area contributed by atoms with Crippen LogP contribution in [0.15, 0.2) is 0 Å². The number of sulfone groups is 1. The SMILES string of the molecule is CN(C)C(=O)CN1CCN(S(=O)(=O)C2CC2)[C@@H]2CS(=O)(=O)C[C@@H]21. The molecule has 1 aliphatic carbocycles. The Morgan fingerprint density at radius 3 is 2.30 bits per heavy atom. The van der Waals surface area contributed by atoms with Gasteiger partial charge in [0.2, 0.25) is 15.9 Å². The highest BCUT2D eigenvalue weighted by Crippen LogP contribution is 2.36. The number of hydrogen-bond acceptors (Lipinski definition) is 6. The highest BCUT2D eigenvalue weighted by atomic mass is 32.2. The van der Waals surface area contributed by atoms with Gasteiger partial charge in [-0.15, -0.1) is 0 Å². The maximum atomic E-state index is 12.6. The monoisotopic (exact) mass is 365 g/mol. The Hall–Kier alpha value is -0.710. The third kappa shape index (κ3) is 3.26. The first-order chi connectivity index (χ1) is 10.6. The van der Waals surface area contributed by atoms with E-state index in [9.17, 15) is 21.6 Å². The molecule has 0 aromatic heterocycles. The fraction of sp³-hybridized carbons (Fsp3) is 0.923. The van der Waals surface area contributed by atoms with Crippen molar-refractivity contribution in [2.75, 3.05) is 45.2 Å². The maximum absolute atomic E-state index is 12.6. The minimum atomic E-state index is -3.41. The van der Waals surface area contributed by atoms with Gasteiger partial charge >= 0.3 is 0 Å². The van der Waals surface area contributed by atoms with Crippen molar-refractivity contribution >= 4 is 25.8 Å². The summed E-state index contributed by atoms with van der Waals surface area (Å²) in [5.74, 6) is -0.322. The maximum Gasteiger partial charge on any atom is 0.236 e. The van der Waals surface area contributed by atoms with Crippen LogP contribution in [0.5, 0.6) is 0 Å². The van der Waals surface area contributed by atoms with E-state index in [1.54, 1.807) is 14.1 Å². The molecule has 2 saturated heterocycles. The van der Waals surface area contributed by atoms with E-state index in [2.05, 4.69) is 0 Å². The molecule has 3 rings (SSSR count). The minimum Gasteiger partial charge on any atom is -0.348 e. The van der Waals surface area contributed by atoms with Crippen molar-refractivity contribution in [3.63, 3.8) is 0 Å². The van der Waals surface area contributed by atoms with Gasteiger partial charge in [-0.05, 0) is 12.8 Å². The Labute approximate surface area is 137 Å². The molecule has 0 unspecified atom stereocenters. The molecule has 0 bridgehead atoms. The first kappa shape index (κ1) is 17.1. The van der Waals surface area contributed by atoms with Crippen LogP contribution in [-0.2, 0) is 24.7 Å². The second kappa shape index (κ2) is 5.68.